The van der Waals surface area contributed by atoms with Crippen LogP contribution in [0.4, 0.5) is 10.1 Å². The summed E-state index contributed by atoms with van der Waals surface area (Å²) in [5, 5.41) is 2.60. The van der Waals surface area contributed by atoms with Gasteiger partial charge in [-0.2, -0.15) is 0 Å². The summed E-state index contributed by atoms with van der Waals surface area (Å²) in [6.07, 6.45) is 0.373. The van der Waals surface area contributed by atoms with Gasteiger partial charge in [0.2, 0.25) is 0 Å². The van der Waals surface area contributed by atoms with Crippen molar-refractivity contribution in [1.82, 2.24) is 5.32 Å². The molecular formula is C19H21FN2O3. The van der Waals surface area contributed by atoms with E-state index in [1.807, 2.05) is 19.0 Å². The Balaban J connectivity index is 1.74. The fourth-order valence-corrected chi connectivity index (χ4v) is 2.20. The number of hydrogen-bond acceptors (Lipinski definition) is 4. The molecule has 0 bridgehead atoms. The molecule has 0 atom stereocenters. The van der Waals surface area contributed by atoms with Crippen LogP contribution in [-0.2, 0) is 16.0 Å². The highest BCUT2D eigenvalue weighted by Gasteiger charge is 2.10. The summed E-state index contributed by atoms with van der Waals surface area (Å²) >= 11 is 0. The van der Waals surface area contributed by atoms with Gasteiger partial charge in [-0.3, -0.25) is 4.79 Å². The van der Waals surface area contributed by atoms with E-state index in [9.17, 15) is 14.0 Å². The Hall–Kier alpha value is -2.89. The molecule has 0 radical (unpaired) electrons. The SMILES string of the molecule is CN(C)c1ccc(C(=O)OCC(=O)NCCc2ccccc2F)cc1. The summed E-state index contributed by atoms with van der Waals surface area (Å²) in [5.74, 6) is -1.28. The maximum Gasteiger partial charge on any atom is 0.338 e. The van der Waals surface area contributed by atoms with E-state index in [1.165, 1.54) is 6.07 Å². The van der Waals surface area contributed by atoms with Gasteiger partial charge in [0.05, 0.1) is 5.56 Å². The molecule has 0 spiro atoms. The molecular weight excluding hydrogens is 323 g/mol. The van der Waals surface area contributed by atoms with Crippen molar-refractivity contribution in [3.05, 3.63) is 65.5 Å². The Kier molecular flexibility index (Phi) is 6.51. The lowest BCUT2D eigenvalue weighted by atomic mass is 10.1. The number of rotatable bonds is 7. The second-order valence-electron chi connectivity index (χ2n) is 5.71. The third-order valence-electron chi connectivity index (χ3n) is 3.63. The number of anilines is 1. The predicted molar refractivity (Wildman–Crippen MR) is 94.2 cm³/mol. The first-order chi connectivity index (χ1) is 12.0. The molecule has 0 aromatic heterocycles. The van der Waals surface area contributed by atoms with Crippen LogP contribution in [0.2, 0.25) is 0 Å². The van der Waals surface area contributed by atoms with E-state index in [4.69, 9.17) is 4.74 Å². The zero-order chi connectivity index (χ0) is 18.2. The average molecular weight is 344 g/mol. The average Bonchev–Trinajstić information content (AvgIpc) is 2.61. The van der Waals surface area contributed by atoms with Gasteiger partial charge in [0.15, 0.2) is 6.61 Å². The molecule has 1 N–H and O–H groups in total. The predicted octanol–water partition coefficient (Wildman–Crippen LogP) is 2.41. The number of halogens is 1. The standard InChI is InChI=1S/C19H21FN2O3/c1-22(2)16-9-7-15(8-10-16)19(24)25-13-18(23)21-12-11-14-5-3-4-6-17(14)20/h3-10H,11-13H2,1-2H3,(H,21,23). The van der Waals surface area contributed by atoms with Crippen LogP contribution in [0.5, 0.6) is 0 Å². The molecule has 2 aromatic carbocycles. The number of hydrogen-bond donors (Lipinski definition) is 1. The van der Waals surface area contributed by atoms with Gasteiger partial charge in [-0.15, -0.1) is 0 Å². The van der Waals surface area contributed by atoms with Gasteiger partial charge in [0.25, 0.3) is 5.91 Å². The van der Waals surface area contributed by atoms with Crippen LogP contribution in [0.25, 0.3) is 0 Å². The van der Waals surface area contributed by atoms with Crippen molar-refractivity contribution in [2.45, 2.75) is 6.42 Å². The van der Waals surface area contributed by atoms with Crippen LogP contribution >= 0.6 is 0 Å². The Morgan fingerprint density at radius 2 is 1.76 bits per heavy atom. The molecule has 6 heteroatoms. The number of nitrogens with one attached hydrogen (secondary N) is 1. The number of carbonyl (C=O) groups is 2. The molecule has 0 aliphatic heterocycles. The molecule has 2 rings (SSSR count). The second-order valence-corrected chi connectivity index (χ2v) is 5.71. The number of nitrogens with zero attached hydrogens (tertiary/aromatic N) is 1. The van der Waals surface area contributed by atoms with Gasteiger partial charge in [-0.25, -0.2) is 9.18 Å². The van der Waals surface area contributed by atoms with Crippen LogP contribution in [0, 0.1) is 5.82 Å². The lowest BCUT2D eigenvalue weighted by Crippen LogP contribution is -2.30. The van der Waals surface area contributed by atoms with Crippen molar-refractivity contribution in [2.24, 2.45) is 0 Å². The Labute approximate surface area is 146 Å². The number of amides is 1. The molecule has 5 nitrogen and oxygen atoms in total. The normalized spacial score (nSPS) is 10.2. The molecule has 0 saturated carbocycles. The minimum atomic E-state index is -0.561. The van der Waals surface area contributed by atoms with Gasteiger partial charge in [-0.05, 0) is 42.3 Å². The molecule has 0 aliphatic carbocycles. The van der Waals surface area contributed by atoms with Gasteiger partial charge in [0.1, 0.15) is 5.82 Å². The monoisotopic (exact) mass is 344 g/mol. The van der Waals surface area contributed by atoms with Crippen molar-refractivity contribution in [3.8, 4) is 0 Å². The zero-order valence-electron chi connectivity index (χ0n) is 14.3. The van der Waals surface area contributed by atoms with E-state index in [0.29, 0.717) is 17.5 Å². The molecule has 0 heterocycles. The van der Waals surface area contributed by atoms with Crippen LogP contribution in [0.1, 0.15) is 15.9 Å². The van der Waals surface area contributed by atoms with Gasteiger partial charge in [0, 0.05) is 26.3 Å². The summed E-state index contributed by atoms with van der Waals surface area (Å²) in [6, 6.07) is 13.3. The van der Waals surface area contributed by atoms with Crippen LogP contribution in [0.3, 0.4) is 0 Å². The number of benzene rings is 2. The van der Waals surface area contributed by atoms with E-state index < -0.39 is 11.9 Å². The van der Waals surface area contributed by atoms with Crippen molar-refractivity contribution in [1.29, 1.82) is 0 Å². The smallest absolute Gasteiger partial charge is 0.338 e. The highest BCUT2D eigenvalue weighted by molar-refractivity contribution is 5.91. The van der Waals surface area contributed by atoms with Gasteiger partial charge >= 0.3 is 5.97 Å². The summed E-state index contributed by atoms with van der Waals surface area (Å²) in [6.45, 7) is -0.0968. The van der Waals surface area contributed by atoms with Gasteiger partial charge in [-0.1, -0.05) is 18.2 Å². The van der Waals surface area contributed by atoms with E-state index >= 15 is 0 Å². The highest BCUT2D eigenvalue weighted by atomic mass is 19.1. The maximum atomic E-state index is 13.4. The van der Waals surface area contributed by atoms with E-state index in [1.54, 1.807) is 42.5 Å². The first-order valence-corrected chi connectivity index (χ1v) is 7.92. The topological polar surface area (TPSA) is 58.6 Å². The van der Waals surface area contributed by atoms with Crippen LogP contribution in [-0.4, -0.2) is 39.1 Å². The molecule has 0 saturated heterocycles. The molecule has 0 aliphatic rings. The Morgan fingerprint density at radius 3 is 2.40 bits per heavy atom. The minimum absolute atomic E-state index is 0.273. The summed E-state index contributed by atoms with van der Waals surface area (Å²) < 4.78 is 18.4. The van der Waals surface area contributed by atoms with E-state index in [2.05, 4.69) is 5.32 Å². The molecule has 2 aromatic rings. The fourth-order valence-electron chi connectivity index (χ4n) is 2.20. The third kappa shape index (κ3) is 5.60. The van der Waals surface area contributed by atoms with E-state index in [-0.39, 0.29) is 19.0 Å². The molecule has 25 heavy (non-hydrogen) atoms. The molecule has 0 unspecified atom stereocenters. The first kappa shape index (κ1) is 18.4. The van der Waals surface area contributed by atoms with Crippen LogP contribution in [0.15, 0.2) is 48.5 Å². The van der Waals surface area contributed by atoms with Crippen molar-refractivity contribution >= 4 is 17.6 Å². The fraction of sp³-hybridized carbons (Fsp3) is 0.263. The lowest BCUT2D eigenvalue weighted by Gasteiger charge is -2.12. The highest BCUT2D eigenvalue weighted by Crippen LogP contribution is 2.12. The minimum Gasteiger partial charge on any atom is -0.452 e. The Morgan fingerprint density at radius 1 is 1.08 bits per heavy atom. The van der Waals surface area contributed by atoms with Gasteiger partial charge < -0.3 is 15.0 Å². The zero-order valence-corrected chi connectivity index (χ0v) is 14.3. The lowest BCUT2D eigenvalue weighted by molar-refractivity contribution is -0.124. The van der Waals surface area contributed by atoms with E-state index in [0.717, 1.165) is 5.69 Å². The summed E-state index contributed by atoms with van der Waals surface area (Å²) in [7, 11) is 3.80. The number of esters is 1. The summed E-state index contributed by atoms with van der Waals surface area (Å²) in [4.78, 5) is 25.5. The van der Waals surface area contributed by atoms with Crippen molar-refractivity contribution < 1.29 is 18.7 Å². The maximum absolute atomic E-state index is 13.4. The number of carbonyl (C=O) groups excluding carboxylic acids is 2. The first-order valence-electron chi connectivity index (χ1n) is 7.92. The number of ether oxygens (including phenoxy) is 1. The molecule has 132 valence electrons. The van der Waals surface area contributed by atoms with Crippen molar-refractivity contribution in [3.63, 3.8) is 0 Å². The third-order valence-corrected chi connectivity index (χ3v) is 3.63. The largest absolute Gasteiger partial charge is 0.452 e. The quantitative estimate of drug-likeness (QED) is 0.784. The second kappa shape index (κ2) is 8.82. The molecule has 0 fully saturated rings. The van der Waals surface area contributed by atoms with Crippen LogP contribution < -0.4 is 10.2 Å². The van der Waals surface area contributed by atoms with Crippen molar-refractivity contribution in [2.75, 3.05) is 32.1 Å². The molecule has 1 amide bonds. The Bertz CT molecular complexity index is 730. The summed E-state index contributed by atoms with van der Waals surface area (Å²) in [5.41, 5.74) is 1.87.